The summed E-state index contributed by atoms with van der Waals surface area (Å²) in [6, 6.07) is 8.28. The van der Waals surface area contributed by atoms with Gasteiger partial charge in [0, 0.05) is 6.04 Å². The maximum absolute atomic E-state index is 12.1. The van der Waals surface area contributed by atoms with Gasteiger partial charge in [0.2, 0.25) is 5.91 Å². The second-order valence-corrected chi connectivity index (χ2v) is 5.44. The molecule has 4 nitrogen and oxygen atoms in total. The fourth-order valence-electron chi connectivity index (χ4n) is 2.85. The lowest BCUT2D eigenvalue weighted by Crippen LogP contribution is -2.39. The van der Waals surface area contributed by atoms with Gasteiger partial charge >= 0.3 is 0 Å². The zero-order valence-corrected chi connectivity index (χ0v) is 11.4. The molecule has 1 aromatic carbocycles. The number of nitrogens with one attached hydrogen (secondary N) is 1. The van der Waals surface area contributed by atoms with E-state index in [4.69, 9.17) is 4.74 Å². The molecular weight excluding hydrogens is 240 g/mol. The molecule has 1 saturated heterocycles. The number of carbonyl (C=O) groups excluding carboxylic acids is 1. The third-order valence-corrected chi connectivity index (χ3v) is 4.19. The maximum atomic E-state index is 12.1. The summed E-state index contributed by atoms with van der Waals surface area (Å²) < 4.78 is 5.17. The van der Waals surface area contributed by atoms with Crippen LogP contribution in [0.4, 0.5) is 0 Å². The van der Waals surface area contributed by atoms with E-state index in [9.17, 15) is 4.79 Å². The number of hydrogen-bond acceptors (Lipinski definition) is 3. The van der Waals surface area contributed by atoms with Gasteiger partial charge in [-0.2, -0.15) is 0 Å². The third kappa shape index (κ3) is 2.32. The lowest BCUT2D eigenvalue weighted by atomic mass is 10.1. The molecule has 1 aliphatic heterocycles. The summed E-state index contributed by atoms with van der Waals surface area (Å²) in [4.78, 5) is 14.1. The average molecular weight is 260 g/mol. The van der Waals surface area contributed by atoms with Gasteiger partial charge in [-0.15, -0.1) is 0 Å². The highest BCUT2D eigenvalue weighted by Crippen LogP contribution is 2.39. The molecule has 0 spiro atoms. The van der Waals surface area contributed by atoms with Crippen molar-refractivity contribution >= 4 is 5.91 Å². The van der Waals surface area contributed by atoms with Crippen molar-refractivity contribution in [1.29, 1.82) is 0 Å². The van der Waals surface area contributed by atoms with Crippen molar-refractivity contribution in [2.75, 3.05) is 13.7 Å². The molecule has 2 aliphatic rings. The Morgan fingerprint density at radius 2 is 2.00 bits per heavy atom. The van der Waals surface area contributed by atoms with Gasteiger partial charge in [-0.05, 0) is 43.4 Å². The number of hydrogen-bond donors (Lipinski definition) is 1. The Labute approximate surface area is 113 Å². The monoisotopic (exact) mass is 260 g/mol. The molecule has 2 fully saturated rings. The number of amides is 1. The van der Waals surface area contributed by atoms with Crippen molar-refractivity contribution in [3.63, 3.8) is 0 Å². The number of benzene rings is 1. The summed E-state index contributed by atoms with van der Waals surface area (Å²) in [5.41, 5.74) is 1.12. The highest BCUT2D eigenvalue weighted by atomic mass is 16.5. The van der Waals surface area contributed by atoms with E-state index in [0.29, 0.717) is 18.5 Å². The molecular formula is C15H20N2O2. The number of methoxy groups -OCH3 is 1. The lowest BCUT2D eigenvalue weighted by molar-refractivity contribution is -0.130. The van der Waals surface area contributed by atoms with Gasteiger partial charge in [-0.25, -0.2) is 0 Å². The summed E-state index contributed by atoms with van der Waals surface area (Å²) in [5.74, 6) is 1.74. The fourth-order valence-corrected chi connectivity index (χ4v) is 2.85. The summed E-state index contributed by atoms with van der Waals surface area (Å²) in [7, 11) is 1.66. The predicted octanol–water partition coefficient (Wildman–Crippen LogP) is 1.92. The number of nitrogens with zero attached hydrogens (tertiary/aromatic N) is 1. The van der Waals surface area contributed by atoms with Crippen molar-refractivity contribution in [3.8, 4) is 5.75 Å². The second-order valence-electron chi connectivity index (χ2n) is 5.44. The summed E-state index contributed by atoms with van der Waals surface area (Å²) in [6.45, 7) is 2.60. The van der Waals surface area contributed by atoms with Crippen LogP contribution in [0.2, 0.25) is 0 Å². The SMILES string of the molecule is COc1ccc(C2NCC(=O)N2C(C)C2CC2)cc1. The zero-order valence-electron chi connectivity index (χ0n) is 11.4. The van der Waals surface area contributed by atoms with E-state index in [-0.39, 0.29) is 12.1 Å². The van der Waals surface area contributed by atoms with Crippen LogP contribution in [0, 0.1) is 5.92 Å². The van der Waals surface area contributed by atoms with Crippen LogP contribution in [0.25, 0.3) is 0 Å². The standard InChI is InChI=1S/C15H20N2O2/c1-10(11-3-4-11)17-14(18)9-16-15(17)12-5-7-13(19-2)8-6-12/h5-8,10-11,15-16H,3-4,9H2,1-2H3. The summed E-state index contributed by atoms with van der Waals surface area (Å²) in [5, 5.41) is 3.31. The first-order valence-electron chi connectivity index (χ1n) is 6.89. The van der Waals surface area contributed by atoms with Gasteiger partial charge in [0.05, 0.1) is 13.7 Å². The van der Waals surface area contributed by atoms with Crippen molar-refractivity contribution in [3.05, 3.63) is 29.8 Å². The predicted molar refractivity (Wildman–Crippen MR) is 72.8 cm³/mol. The zero-order chi connectivity index (χ0) is 13.4. The molecule has 1 aromatic rings. The van der Waals surface area contributed by atoms with Crippen LogP contribution in [0.15, 0.2) is 24.3 Å². The van der Waals surface area contributed by atoms with Crippen molar-refractivity contribution in [1.82, 2.24) is 10.2 Å². The van der Waals surface area contributed by atoms with Gasteiger partial charge in [0.15, 0.2) is 0 Å². The van der Waals surface area contributed by atoms with E-state index in [1.165, 1.54) is 12.8 Å². The molecule has 1 N–H and O–H groups in total. The molecule has 19 heavy (non-hydrogen) atoms. The molecule has 0 aromatic heterocycles. The first kappa shape index (κ1) is 12.5. The van der Waals surface area contributed by atoms with Crippen LogP contribution in [0.3, 0.4) is 0 Å². The van der Waals surface area contributed by atoms with Crippen molar-refractivity contribution in [2.45, 2.75) is 32.0 Å². The van der Waals surface area contributed by atoms with Crippen LogP contribution < -0.4 is 10.1 Å². The smallest absolute Gasteiger partial charge is 0.238 e. The third-order valence-electron chi connectivity index (χ3n) is 4.19. The molecule has 1 amide bonds. The Morgan fingerprint density at radius 1 is 1.32 bits per heavy atom. The van der Waals surface area contributed by atoms with Crippen molar-refractivity contribution in [2.24, 2.45) is 5.92 Å². The molecule has 2 atom stereocenters. The molecule has 3 rings (SSSR count). The number of rotatable bonds is 4. The highest BCUT2D eigenvalue weighted by molar-refractivity contribution is 5.81. The molecule has 1 heterocycles. The fraction of sp³-hybridized carbons (Fsp3) is 0.533. The van der Waals surface area contributed by atoms with E-state index in [0.717, 1.165) is 11.3 Å². The van der Waals surface area contributed by atoms with Gasteiger partial charge in [0.1, 0.15) is 11.9 Å². The van der Waals surface area contributed by atoms with Gasteiger partial charge in [0.25, 0.3) is 0 Å². The molecule has 0 radical (unpaired) electrons. The van der Waals surface area contributed by atoms with Crippen LogP contribution in [-0.4, -0.2) is 30.5 Å². The van der Waals surface area contributed by atoms with Gasteiger partial charge in [-0.3, -0.25) is 10.1 Å². The Morgan fingerprint density at radius 3 is 2.58 bits per heavy atom. The molecule has 0 bridgehead atoms. The molecule has 1 saturated carbocycles. The molecule has 1 aliphatic carbocycles. The van der Waals surface area contributed by atoms with Crippen LogP contribution in [-0.2, 0) is 4.79 Å². The van der Waals surface area contributed by atoms with E-state index in [1.807, 2.05) is 29.2 Å². The van der Waals surface area contributed by atoms with Crippen molar-refractivity contribution < 1.29 is 9.53 Å². The normalized spacial score (nSPS) is 24.6. The number of ether oxygens (including phenoxy) is 1. The highest BCUT2D eigenvalue weighted by Gasteiger charge is 2.41. The Balaban J connectivity index is 1.82. The minimum Gasteiger partial charge on any atom is -0.497 e. The minimum atomic E-state index is 0.00834. The second kappa shape index (κ2) is 4.85. The summed E-state index contributed by atoms with van der Waals surface area (Å²) in [6.07, 6.45) is 2.51. The van der Waals surface area contributed by atoms with Gasteiger partial charge in [-0.1, -0.05) is 12.1 Å². The Kier molecular flexibility index (Phi) is 3.19. The lowest BCUT2D eigenvalue weighted by Gasteiger charge is -2.31. The largest absolute Gasteiger partial charge is 0.497 e. The van der Waals surface area contributed by atoms with Gasteiger partial charge < -0.3 is 9.64 Å². The first-order chi connectivity index (χ1) is 9.20. The molecule has 2 unspecified atom stereocenters. The average Bonchev–Trinajstić information content (AvgIpc) is 3.21. The molecule has 102 valence electrons. The first-order valence-corrected chi connectivity index (χ1v) is 6.89. The summed E-state index contributed by atoms with van der Waals surface area (Å²) >= 11 is 0. The van der Waals surface area contributed by atoms with E-state index in [2.05, 4.69) is 12.2 Å². The van der Waals surface area contributed by atoms with E-state index < -0.39 is 0 Å². The Bertz CT molecular complexity index is 468. The van der Waals surface area contributed by atoms with Crippen LogP contribution in [0.1, 0.15) is 31.5 Å². The quantitative estimate of drug-likeness (QED) is 0.899. The van der Waals surface area contributed by atoms with Crippen LogP contribution >= 0.6 is 0 Å². The topological polar surface area (TPSA) is 41.6 Å². The molecule has 4 heteroatoms. The van der Waals surface area contributed by atoms with Crippen LogP contribution in [0.5, 0.6) is 5.75 Å². The maximum Gasteiger partial charge on any atom is 0.238 e. The Hall–Kier alpha value is -1.55. The minimum absolute atomic E-state index is 0.00834. The number of carbonyl (C=O) groups is 1. The van der Waals surface area contributed by atoms with E-state index in [1.54, 1.807) is 7.11 Å². The van der Waals surface area contributed by atoms with E-state index >= 15 is 0 Å².